The van der Waals surface area contributed by atoms with Crippen LogP contribution in [0.4, 0.5) is 5.69 Å². The Balaban J connectivity index is 1.77. The van der Waals surface area contributed by atoms with E-state index in [0.29, 0.717) is 17.0 Å². The SMILES string of the molecule is COc1ccc(/C(O)=C2\C(=O)C(=O)N(c3cccc(C)c3)C2c2c[nH]c3ccccc23)cc1C(C)C. The number of aromatic amines is 1. The van der Waals surface area contributed by atoms with Gasteiger partial charge < -0.3 is 14.8 Å². The summed E-state index contributed by atoms with van der Waals surface area (Å²) in [5.41, 5.74) is 4.61. The summed E-state index contributed by atoms with van der Waals surface area (Å²) in [6, 6.07) is 19.7. The monoisotopic (exact) mass is 480 g/mol. The zero-order chi connectivity index (χ0) is 25.6. The molecule has 4 aromatic rings. The molecule has 2 heterocycles. The number of anilines is 1. The molecule has 36 heavy (non-hydrogen) atoms. The van der Waals surface area contributed by atoms with Gasteiger partial charge in [0.15, 0.2) is 0 Å². The lowest BCUT2D eigenvalue weighted by atomic mass is 9.93. The van der Waals surface area contributed by atoms with Crippen LogP contribution in [0.15, 0.2) is 78.5 Å². The lowest BCUT2D eigenvalue weighted by molar-refractivity contribution is -0.132. The normalized spacial score (nSPS) is 17.4. The minimum atomic E-state index is -0.799. The number of ether oxygens (including phenoxy) is 1. The number of aliphatic hydroxyl groups excluding tert-OH is 1. The molecule has 0 bridgehead atoms. The number of nitrogens with zero attached hydrogens (tertiary/aromatic N) is 1. The number of aromatic nitrogens is 1. The molecule has 1 aliphatic rings. The van der Waals surface area contributed by atoms with Gasteiger partial charge in [-0.25, -0.2) is 0 Å². The number of hydrogen-bond acceptors (Lipinski definition) is 4. The zero-order valence-electron chi connectivity index (χ0n) is 20.7. The Bertz CT molecular complexity index is 1530. The first-order valence-electron chi connectivity index (χ1n) is 11.9. The largest absolute Gasteiger partial charge is 0.507 e. The highest BCUT2D eigenvalue weighted by molar-refractivity contribution is 6.51. The van der Waals surface area contributed by atoms with Gasteiger partial charge in [-0.3, -0.25) is 14.5 Å². The van der Waals surface area contributed by atoms with E-state index in [1.54, 1.807) is 19.2 Å². The molecule has 1 fully saturated rings. The topological polar surface area (TPSA) is 82.6 Å². The van der Waals surface area contributed by atoms with E-state index in [9.17, 15) is 14.7 Å². The smallest absolute Gasteiger partial charge is 0.300 e. The molecule has 2 N–H and O–H groups in total. The molecular weight excluding hydrogens is 452 g/mol. The van der Waals surface area contributed by atoms with Crippen LogP contribution in [0.5, 0.6) is 5.75 Å². The van der Waals surface area contributed by atoms with Crippen LogP contribution in [0.2, 0.25) is 0 Å². The first-order chi connectivity index (χ1) is 17.3. The number of fused-ring (bicyclic) bond motifs is 1. The van der Waals surface area contributed by atoms with E-state index in [-0.39, 0.29) is 17.3 Å². The third-order valence-corrected chi connectivity index (χ3v) is 6.77. The number of benzene rings is 3. The molecule has 3 aromatic carbocycles. The van der Waals surface area contributed by atoms with Gasteiger partial charge in [0, 0.05) is 33.9 Å². The molecule has 6 heteroatoms. The number of methoxy groups -OCH3 is 1. The maximum absolute atomic E-state index is 13.5. The highest BCUT2D eigenvalue weighted by atomic mass is 16.5. The van der Waals surface area contributed by atoms with Crippen LogP contribution >= 0.6 is 0 Å². The molecular formula is C30H28N2O4. The van der Waals surface area contributed by atoms with Crippen LogP contribution in [0.1, 0.15) is 48.1 Å². The van der Waals surface area contributed by atoms with E-state index >= 15 is 0 Å². The number of carbonyl (C=O) groups excluding carboxylic acids is 2. The summed E-state index contributed by atoms with van der Waals surface area (Å²) in [4.78, 5) is 31.7. The number of Topliss-reactive ketones (excluding diaryl/α,β-unsaturated/α-hetero) is 1. The Hall–Kier alpha value is -4.32. The molecule has 1 aromatic heterocycles. The lowest BCUT2D eigenvalue weighted by Crippen LogP contribution is -2.29. The summed E-state index contributed by atoms with van der Waals surface area (Å²) in [7, 11) is 1.60. The fourth-order valence-corrected chi connectivity index (χ4v) is 4.98. The summed E-state index contributed by atoms with van der Waals surface area (Å²) >= 11 is 0. The van der Waals surface area contributed by atoms with Crippen LogP contribution < -0.4 is 9.64 Å². The summed E-state index contributed by atoms with van der Waals surface area (Å²) in [6.45, 7) is 6.00. The third kappa shape index (κ3) is 3.75. The number of para-hydroxylation sites is 1. The number of aliphatic hydroxyl groups is 1. The van der Waals surface area contributed by atoms with Crippen molar-refractivity contribution in [1.82, 2.24) is 4.98 Å². The van der Waals surface area contributed by atoms with Crippen molar-refractivity contribution in [2.75, 3.05) is 12.0 Å². The maximum atomic E-state index is 13.5. The Kier molecular flexibility index (Phi) is 5.88. The van der Waals surface area contributed by atoms with Gasteiger partial charge in [0.25, 0.3) is 11.7 Å². The molecule has 6 nitrogen and oxygen atoms in total. The highest BCUT2D eigenvalue weighted by Crippen LogP contribution is 2.44. The molecule has 182 valence electrons. The van der Waals surface area contributed by atoms with Crippen molar-refractivity contribution in [3.8, 4) is 5.75 Å². The van der Waals surface area contributed by atoms with Crippen LogP contribution in [0, 0.1) is 6.92 Å². The van der Waals surface area contributed by atoms with Gasteiger partial charge in [0.1, 0.15) is 11.5 Å². The van der Waals surface area contributed by atoms with E-state index in [2.05, 4.69) is 4.98 Å². The summed E-state index contributed by atoms with van der Waals surface area (Å²) < 4.78 is 5.49. The molecule has 0 radical (unpaired) electrons. The predicted octanol–water partition coefficient (Wildman–Crippen LogP) is 6.23. The second-order valence-electron chi connectivity index (χ2n) is 9.41. The maximum Gasteiger partial charge on any atom is 0.300 e. The third-order valence-electron chi connectivity index (χ3n) is 6.77. The molecule has 1 unspecified atom stereocenters. The van der Waals surface area contributed by atoms with Gasteiger partial charge in [-0.15, -0.1) is 0 Å². The van der Waals surface area contributed by atoms with Crippen molar-refractivity contribution < 1.29 is 19.4 Å². The van der Waals surface area contributed by atoms with E-state index in [1.807, 2.05) is 81.6 Å². The Labute approximate surface area is 209 Å². The van der Waals surface area contributed by atoms with Crippen LogP contribution in [0.25, 0.3) is 16.7 Å². The van der Waals surface area contributed by atoms with Gasteiger partial charge >= 0.3 is 0 Å². The Morgan fingerprint density at radius 2 is 1.81 bits per heavy atom. The molecule has 1 saturated heterocycles. The highest BCUT2D eigenvalue weighted by Gasteiger charge is 2.47. The van der Waals surface area contributed by atoms with Gasteiger partial charge in [0.2, 0.25) is 0 Å². The lowest BCUT2D eigenvalue weighted by Gasteiger charge is -2.25. The number of rotatable bonds is 5. The van der Waals surface area contributed by atoms with Crippen molar-refractivity contribution in [2.45, 2.75) is 32.7 Å². The average molecular weight is 481 g/mol. The second kappa shape index (κ2) is 9.04. The molecule has 1 amide bonds. The molecule has 1 aliphatic heterocycles. The first-order valence-corrected chi connectivity index (χ1v) is 11.9. The van der Waals surface area contributed by atoms with Crippen molar-refractivity contribution >= 4 is 34.0 Å². The number of nitrogens with one attached hydrogen (secondary N) is 1. The number of ketones is 1. The molecule has 1 atom stereocenters. The average Bonchev–Trinajstić information content (AvgIpc) is 3.41. The van der Waals surface area contributed by atoms with Gasteiger partial charge in [-0.2, -0.15) is 0 Å². The van der Waals surface area contributed by atoms with E-state index in [4.69, 9.17) is 4.74 Å². The zero-order valence-corrected chi connectivity index (χ0v) is 20.7. The number of aryl methyl sites for hydroxylation is 1. The summed E-state index contributed by atoms with van der Waals surface area (Å²) in [5.74, 6) is -0.758. The van der Waals surface area contributed by atoms with Crippen molar-refractivity contribution in [1.29, 1.82) is 0 Å². The number of hydrogen-bond donors (Lipinski definition) is 2. The number of amides is 1. The standard InChI is InChI=1S/C30H28N2O4/c1-17(2)22-15-19(12-13-25(22)36-4)28(33)26-27(23-16-31-24-11-6-5-10-21(23)24)32(30(35)29(26)34)20-9-7-8-18(3)14-20/h5-17,27,31,33H,1-4H3/b28-26+. The van der Waals surface area contributed by atoms with Crippen LogP contribution in [0.3, 0.4) is 0 Å². The summed E-state index contributed by atoms with van der Waals surface area (Å²) in [6.07, 6.45) is 1.81. The quantitative estimate of drug-likeness (QED) is 0.201. The minimum absolute atomic E-state index is 0.0612. The molecule has 0 spiro atoms. The molecule has 0 aliphatic carbocycles. The number of H-pyrrole nitrogens is 1. The van der Waals surface area contributed by atoms with Gasteiger partial charge in [0.05, 0.1) is 18.7 Å². The van der Waals surface area contributed by atoms with Crippen LogP contribution in [-0.2, 0) is 9.59 Å². The fourth-order valence-electron chi connectivity index (χ4n) is 4.98. The number of carbonyl (C=O) groups is 2. The van der Waals surface area contributed by atoms with Crippen molar-refractivity contribution in [3.63, 3.8) is 0 Å². The fraction of sp³-hybridized carbons (Fsp3) is 0.200. The minimum Gasteiger partial charge on any atom is -0.507 e. The Morgan fingerprint density at radius 3 is 2.53 bits per heavy atom. The second-order valence-corrected chi connectivity index (χ2v) is 9.41. The predicted molar refractivity (Wildman–Crippen MR) is 141 cm³/mol. The van der Waals surface area contributed by atoms with Crippen molar-refractivity contribution in [2.24, 2.45) is 0 Å². The van der Waals surface area contributed by atoms with E-state index in [0.717, 1.165) is 27.6 Å². The van der Waals surface area contributed by atoms with Gasteiger partial charge in [-0.05, 0) is 60.4 Å². The van der Waals surface area contributed by atoms with Crippen LogP contribution in [-0.4, -0.2) is 28.9 Å². The van der Waals surface area contributed by atoms with E-state index in [1.165, 1.54) is 4.90 Å². The van der Waals surface area contributed by atoms with Crippen molar-refractivity contribution in [3.05, 3.63) is 101 Å². The Morgan fingerprint density at radius 1 is 1.03 bits per heavy atom. The van der Waals surface area contributed by atoms with E-state index < -0.39 is 17.7 Å². The first kappa shape index (κ1) is 23.4. The molecule has 0 saturated carbocycles. The summed E-state index contributed by atoms with van der Waals surface area (Å²) in [5, 5.41) is 12.4. The van der Waals surface area contributed by atoms with Gasteiger partial charge in [-0.1, -0.05) is 44.2 Å². The molecule has 5 rings (SSSR count).